The Balaban J connectivity index is 2.25. The molecule has 0 aliphatic carbocycles. The molecule has 2 aromatic rings. The van der Waals surface area contributed by atoms with E-state index in [0.29, 0.717) is 22.7 Å². The molecule has 21 heavy (non-hydrogen) atoms. The van der Waals surface area contributed by atoms with E-state index in [1.807, 2.05) is 12.1 Å². The Morgan fingerprint density at radius 3 is 2.38 bits per heavy atom. The number of methoxy groups -OCH3 is 2. The molecule has 0 unspecified atom stereocenters. The van der Waals surface area contributed by atoms with Crippen molar-refractivity contribution in [3.8, 4) is 11.5 Å². The third kappa shape index (κ3) is 3.63. The maximum atomic E-state index is 12.3. The summed E-state index contributed by atoms with van der Waals surface area (Å²) in [6.07, 6.45) is 3.24. The third-order valence-electron chi connectivity index (χ3n) is 3.04. The van der Waals surface area contributed by atoms with Crippen molar-refractivity contribution in [3.05, 3.63) is 59.7 Å². The summed E-state index contributed by atoms with van der Waals surface area (Å²) < 4.78 is 10.3. The van der Waals surface area contributed by atoms with Gasteiger partial charge in [-0.15, -0.1) is 0 Å². The highest BCUT2D eigenvalue weighted by molar-refractivity contribution is 6.08. The molecule has 4 heteroatoms. The zero-order valence-corrected chi connectivity index (χ0v) is 12.0. The lowest BCUT2D eigenvalue weighted by Gasteiger charge is -2.07. The summed E-state index contributed by atoms with van der Waals surface area (Å²) in [7, 11) is 3.09. The number of nitrogens with two attached hydrogens (primary N) is 1. The quantitative estimate of drug-likeness (QED) is 0.520. The first kappa shape index (κ1) is 14.7. The average Bonchev–Trinajstić information content (AvgIpc) is 2.53. The summed E-state index contributed by atoms with van der Waals surface area (Å²) in [4.78, 5) is 12.3. The first-order valence-corrected chi connectivity index (χ1v) is 6.44. The molecule has 0 radical (unpaired) electrons. The SMILES string of the molecule is COc1ccc(OC)c(C(=O)/C=C/c2ccc(N)cc2)c1. The second-order valence-corrected chi connectivity index (χ2v) is 4.43. The first-order valence-electron chi connectivity index (χ1n) is 6.44. The predicted molar refractivity (Wildman–Crippen MR) is 83.8 cm³/mol. The number of hydrogen-bond donors (Lipinski definition) is 1. The van der Waals surface area contributed by atoms with Crippen LogP contribution in [0.25, 0.3) is 6.08 Å². The van der Waals surface area contributed by atoms with Gasteiger partial charge in [-0.25, -0.2) is 0 Å². The normalized spacial score (nSPS) is 10.6. The standard InChI is InChI=1S/C17H17NO3/c1-20-14-8-10-17(21-2)15(11-14)16(19)9-5-12-3-6-13(18)7-4-12/h3-11H,18H2,1-2H3/b9-5+. The van der Waals surface area contributed by atoms with E-state index >= 15 is 0 Å². The zero-order chi connectivity index (χ0) is 15.2. The van der Waals surface area contributed by atoms with Crippen LogP contribution in [0.5, 0.6) is 11.5 Å². The first-order chi connectivity index (χ1) is 10.1. The van der Waals surface area contributed by atoms with Gasteiger partial charge in [-0.1, -0.05) is 18.2 Å². The molecule has 2 aromatic carbocycles. The summed E-state index contributed by atoms with van der Waals surface area (Å²) in [5.41, 5.74) is 7.67. The Kier molecular flexibility index (Phi) is 4.61. The molecule has 0 fully saturated rings. The lowest BCUT2D eigenvalue weighted by Crippen LogP contribution is -1.99. The van der Waals surface area contributed by atoms with E-state index in [9.17, 15) is 4.79 Å². The lowest BCUT2D eigenvalue weighted by atomic mass is 10.1. The average molecular weight is 283 g/mol. The second kappa shape index (κ2) is 6.61. The van der Waals surface area contributed by atoms with Crippen molar-refractivity contribution < 1.29 is 14.3 Å². The van der Waals surface area contributed by atoms with Gasteiger partial charge < -0.3 is 15.2 Å². The molecule has 4 nitrogen and oxygen atoms in total. The molecule has 0 amide bonds. The van der Waals surface area contributed by atoms with Crippen LogP contribution in [-0.2, 0) is 0 Å². The molecule has 2 rings (SSSR count). The molecule has 0 aliphatic rings. The van der Waals surface area contributed by atoms with Crippen LogP contribution in [0.1, 0.15) is 15.9 Å². The maximum absolute atomic E-state index is 12.3. The maximum Gasteiger partial charge on any atom is 0.189 e. The van der Waals surface area contributed by atoms with Crippen molar-refractivity contribution in [2.24, 2.45) is 0 Å². The van der Waals surface area contributed by atoms with Gasteiger partial charge in [0.15, 0.2) is 5.78 Å². The van der Waals surface area contributed by atoms with Crippen molar-refractivity contribution in [2.45, 2.75) is 0 Å². The van der Waals surface area contributed by atoms with Crippen LogP contribution >= 0.6 is 0 Å². The van der Waals surface area contributed by atoms with Gasteiger partial charge in [-0.05, 0) is 42.0 Å². The van der Waals surface area contributed by atoms with E-state index in [4.69, 9.17) is 15.2 Å². The number of allylic oxidation sites excluding steroid dienone is 1. The number of anilines is 1. The summed E-state index contributed by atoms with van der Waals surface area (Å²) in [6.45, 7) is 0. The van der Waals surface area contributed by atoms with Gasteiger partial charge in [-0.2, -0.15) is 0 Å². The van der Waals surface area contributed by atoms with E-state index < -0.39 is 0 Å². The molecule has 2 N–H and O–H groups in total. The number of hydrogen-bond acceptors (Lipinski definition) is 4. The molecule has 108 valence electrons. The molecule has 0 aromatic heterocycles. The monoisotopic (exact) mass is 283 g/mol. The van der Waals surface area contributed by atoms with Crippen LogP contribution in [0, 0.1) is 0 Å². The van der Waals surface area contributed by atoms with Gasteiger partial charge in [0.1, 0.15) is 11.5 Å². The fourth-order valence-corrected chi connectivity index (χ4v) is 1.88. The van der Waals surface area contributed by atoms with Crippen LogP contribution < -0.4 is 15.2 Å². The molecule has 0 bridgehead atoms. The van der Waals surface area contributed by atoms with Gasteiger partial charge in [0.2, 0.25) is 0 Å². The Hall–Kier alpha value is -2.75. The van der Waals surface area contributed by atoms with Crippen LogP contribution in [0.15, 0.2) is 48.5 Å². The smallest absolute Gasteiger partial charge is 0.189 e. The Labute approximate surface area is 123 Å². The van der Waals surface area contributed by atoms with Crippen molar-refractivity contribution in [1.82, 2.24) is 0 Å². The van der Waals surface area contributed by atoms with Crippen LogP contribution in [0.4, 0.5) is 5.69 Å². The van der Waals surface area contributed by atoms with E-state index in [-0.39, 0.29) is 5.78 Å². The highest BCUT2D eigenvalue weighted by Gasteiger charge is 2.11. The fraction of sp³-hybridized carbons (Fsp3) is 0.118. The van der Waals surface area contributed by atoms with Gasteiger partial charge in [0.25, 0.3) is 0 Å². The summed E-state index contributed by atoms with van der Waals surface area (Å²) in [6, 6.07) is 12.4. The highest BCUT2D eigenvalue weighted by atomic mass is 16.5. The van der Waals surface area contributed by atoms with Crippen LogP contribution in [0.2, 0.25) is 0 Å². The van der Waals surface area contributed by atoms with Crippen molar-refractivity contribution in [1.29, 1.82) is 0 Å². The van der Waals surface area contributed by atoms with Gasteiger partial charge in [0.05, 0.1) is 19.8 Å². The molecule has 0 spiro atoms. The predicted octanol–water partition coefficient (Wildman–Crippen LogP) is 3.18. The number of carbonyl (C=O) groups is 1. The largest absolute Gasteiger partial charge is 0.497 e. The molecule has 0 heterocycles. The van der Waals surface area contributed by atoms with Gasteiger partial charge >= 0.3 is 0 Å². The number of carbonyl (C=O) groups excluding carboxylic acids is 1. The summed E-state index contributed by atoms with van der Waals surface area (Å²) in [5, 5.41) is 0. The minimum atomic E-state index is -0.150. The van der Waals surface area contributed by atoms with E-state index in [2.05, 4.69) is 0 Å². The number of ketones is 1. The topological polar surface area (TPSA) is 61.5 Å². The van der Waals surface area contributed by atoms with Crippen molar-refractivity contribution in [3.63, 3.8) is 0 Å². The van der Waals surface area contributed by atoms with Gasteiger partial charge in [-0.3, -0.25) is 4.79 Å². The second-order valence-electron chi connectivity index (χ2n) is 4.43. The van der Waals surface area contributed by atoms with Crippen molar-refractivity contribution >= 4 is 17.5 Å². The minimum Gasteiger partial charge on any atom is -0.497 e. The molecular formula is C17H17NO3. The van der Waals surface area contributed by atoms with Crippen LogP contribution in [0.3, 0.4) is 0 Å². The van der Waals surface area contributed by atoms with Crippen LogP contribution in [-0.4, -0.2) is 20.0 Å². The minimum absolute atomic E-state index is 0.150. The third-order valence-corrected chi connectivity index (χ3v) is 3.04. The van der Waals surface area contributed by atoms with Gasteiger partial charge in [0, 0.05) is 5.69 Å². The van der Waals surface area contributed by atoms with E-state index in [1.165, 1.54) is 13.2 Å². The fourth-order valence-electron chi connectivity index (χ4n) is 1.88. The van der Waals surface area contributed by atoms with Crippen molar-refractivity contribution in [2.75, 3.05) is 20.0 Å². The number of rotatable bonds is 5. The number of benzene rings is 2. The van der Waals surface area contributed by atoms with E-state index in [0.717, 1.165) is 5.56 Å². The zero-order valence-electron chi connectivity index (χ0n) is 12.0. The molecular weight excluding hydrogens is 266 g/mol. The number of ether oxygens (including phenoxy) is 2. The molecule has 0 aliphatic heterocycles. The summed E-state index contributed by atoms with van der Waals surface area (Å²) >= 11 is 0. The Morgan fingerprint density at radius 1 is 1.05 bits per heavy atom. The molecule has 0 atom stereocenters. The Morgan fingerprint density at radius 2 is 1.76 bits per heavy atom. The van der Waals surface area contributed by atoms with E-state index in [1.54, 1.807) is 43.5 Å². The lowest BCUT2D eigenvalue weighted by molar-refractivity contribution is 0.104. The highest BCUT2D eigenvalue weighted by Crippen LogP contribution is 2.24. The molecule has 0 saturated carbocycles. The number of nitrogen functional groups attached to an aromatic ring is 1. The summed E-state index contributed by atoms with van der Waals surface area (Å²) in [5.74, 6) is 0.977. The Bertz CT molecular complexity index is 660. The molecule has 0 saturated heterocycles.